The highest BCUT2D eigenvalue weighted by Crippen LogP contribution is 2.48. The van der Waals surface area contributed by atoms with Crippen LogP contribution in [0.15, 0.2) is 235 Å². The maximum Gasteiger partial charge on any atom is 0.145 e. The number of hydrogen-bond donors (Lipinski definition) is 0. The monoisotopic (exact) mass is 822 g/mol. The number of nitrogens with zero attached hydrogens (tertiary/aromatic N) is 2. The van der Waals surface area contributed by atoms with Gasteiger partial charge >= 0.3 is 0 Å². The summed E-state index contributed by atoms with van der Waals surface area (Å²) in [5.41, 5.74) is 15.9. The maximum atomic E-state index is 6.81. The SMILES string of the molecule is c1ccc(-c2ccc(N(c3cccc(-c4cccc5ccccc45)c3)c3ccc(-c4c5nc(-c6ccccc6)sc5cc5c4oc4ccccc45)cc3-c3ccccc3)cc2)cc1. The summed E-state index contributed by atoms with van der Waals surface area (Å²) in [6, 6.07) is 82.4. The average Bonchev–Trinajstić information content (AvgIpc) is 3.96. The molecule has 12 aromatic rings. The Morgan fingerprint density at radius 2 is 1.02 bits per heavy atom. The summed E-state index contributed by atoms with van der Waals surface area (Å²) in [7, 11) is 0. The van der Waals surface area contributed by atoms with Crippen LogP contribution in [0.4, 0.5) is 17.1 Å². The van der Waals surface area contributed by atoms with Crippen molar-refractivity contribution >= 4 is 71.3 Å². The van der Waals surface area contributed by atoms with Crippen LogP contribution in [0.2, 0.25) is 0 Å². The molecule has 0 saturated carbocycles. The van der Waals surface area contributed by atoms with Crippen molar-refractivity contribution in [3.8, 4) is 55.1 Å². The highest BCUT2D eigenvalue weighted by atomic mass is 32.1. The first-order chi connectivity index (χ1) is 31.2. The van der Waals surface area contributed by atoms with Crippen LogP contribution < -0.4 is 4.90 Å². The van der Waals surface area contributed by atoms with Gasteiger partial charge in [0.2, 0.25) is 0 Å². The lowest BCUT2D eigenvalue weighted by molar-refractivity contribution is 0.670. The van der Waals surface area contributed by atoms with Crippen LogP contribution in [-0.2, 0) is 0 Å². The third-order valence-electron chi connectivity index (χ3n) is 12.1. The molecule has 0 saturated heterocycles. The Morgan fingerprint density at radius 1 is 0.397 bits per heavy atom. The Labute approximate surface area is 369 Å². The molecule has 0 unspecified atom stereocenters. The van der Waals surface area contributed by atoms with Gasteiger partial charge in [0, 0.05) is 33.3 Å². The van der Waals surface area contributed by atoms with Crippen LogP contribution in [0.5, 0.6) is 0 Å². The van der Waals surface area contributed by atoms with Crippen molar-refractivity contribution in [2.45, 2.75) is 0 Å². The fourth-order valence-electron chi connectivity index (χ4n) is 9.10. The van der Waals surface area contributed by atoms with Gasteiger partial charge in [-0.3, -0.25) is 0 Å². The quantitative estimate of drug-likeness (QED) is 0.153. The van der Waals surface area contributed by atoms with E-state index >= 15 is 0 Å². The van der Waals surface area contributed by atoms with E-state index in [1.54, 1.807) is 11.3 Å². The molecule has 2 aromatic heterocycles. The zero-order chi connectivity index (χ0) is 41.7. The molecule has 12 rings (SSSR count). The molecule has 0 atom stereocenters. The van der Waals surface area contributed by atoms with Gasteiger partial charge in [-0.15, -0.1) is 11.3 Å². The highest BCUT2D eigenvalue weighted by molar-refractivity contribution is 7.21. The van der Waals surface area contributed by atoms with Crippen molar-refractivity contribution in [3.63, 3.8) is 0 Å². The van der Waals surface area contributed by atoms with Crippen LogP contribution in [-0.4, -0.2) is 4.98 Å². The smallest absolute Gasteiger partial charge is 0.145 e. The number of thiazole rings is 1. The summed E-state index contributed by atoms with van der Waals surface area (Å²) in [6.07, 6.45) is 0. The van der Waals surface area contributed by atoms with E-state index in [-0.39, 0.29) is 0 Å². The van der Waals surface area contributed by atoms with Crippen LogP contribution in [0.3, 0.4) is 0 Å². The first-order valence-electron chi connectivity index (χ1n) is 21.3. The molecule has 0 spiro atoms. The minimum absolute atomic E-state index is 0.844. The fraction of sp³-hybridized carbons (Fsp3) is 0. The van der Waals surface area contributed by atoms with Gasteiger partial charge in [-0.1, -0.05) is 182 Å². The molecule has 0 bridgehead atoms. The van der Waals surface area contributed by atoms with Gasteiger partial charge in [-0.25, -0.2) is 4.98 Å². The van der Waals surface area contributed by atoms with E-state index in [0.717, 1.165) is 87.6 Å². The second-order valence-corrected chi connectivity index (χ2v) is 16.9. The molecule has 2 heterocycles. The molecule has 0 aliphatic heterocycles. The molecule has 63 heavy (non-hydrogen) atoms. The van der Waals surface area contributed by atoms with Gasteiger partial charge in [0.15, 0.2) is 0 Å². The summed E-state index contributed by atoms with van der Waals surface area (Å²) in [4.78, 5) is 7.78. The van der Waals surface area contributed by atoms with Crippen molar-refractivity contribution in [2.24, 2.45) is 0 Å². The topological polar surface area (TPSA) is 29.3 Å². The van der Waals surface area contributed by atoms with Crippen molar-refractivity contribution < 1.29 is 4.42 Å². The molecule has 0 amide bonds. The molecule has 0 aliphatic rings. The summed E-state index contributed by atoms with van der Waals surface area (Å²) in [5, 5.41) is 5.63. The van der Waals surface area contributed by atoms with E-state index in [4.69, 9.17) is 9.40 Å². The Hall–Kier alpha value is -8.05. The van der Waals surface area contributed by atoms with Gasteiger partial charge in [-0.2, -0.15) is 0 Å². The van der Waals surface area contributed by atoms with Gasteiger partial charge in [-0.05, 0) is 92.7 Å². The minimum Gasteiger partial charge on any atom is -0.455 e. The number of aromatic nitrogens is 1. The number of benzene rings is 10. The summed E-state index contributed by atoms with van der Waals surface area (Å²) in [5.74, 6) is 0. The number of rotatable bonds is 8. The van der Waals surface area contributed by atoms with E-state index in [9.17, 15) is 0 Å². The molecule has 3 nitrogen and oxygen atoms in total. The highest BCUT2D eigenvalue weighted by Gasteiger charge is 2.24. The largest absolute Gasteiger partial charge is 0.455 e. The van der Waals surface area contributed by atoms with Crippen molar-refractivity contribution in [2.75, 3.05) is 4.90 Å². The second-order valence-electron chi connectivity index (χ2n) is 15.9. The van der Waals surface area contributed by atoms with Gasteiger partial charge < -0.3 is 9.32 Å². The molecule has 4 heteroatoms. The number of hydrogen-bond acceptors (Lipinski definition) is 4. The van der Waals surface area contributed by atoms with Crippen molar-refractivity contribution in [1.29, 1.82) is 0 Å². The Morgan fingerprint density at radius 3 is 1.81 bits per heavy atom. The normalized spacial score (nSPS) is 11.5. The van der Waals surface area contributed by atoms with Crippen LogP contribution in [0.1, 0.15) is 0 Å². The van der Waals surface area contributed by atoms with Gasteiger partial charge in [0.25, 0.3) is 0 Å². The molecule has 0 radical (unpaired) electrons. The van der Waals surface area contributed by atoms with Crippen LogP contribution in [0, 0.1) is 0 Å². The van der Waals surface area contributed by atoms with Crippen LogP contribution >= 0.6 is 11.3 Å². The number of para-hydroxylation sites is 1. The molecule has 10 aromatic carbocycles. The molecule has 0 aliphatic carbocycles. The summed E-state index contributed by atoms with van der Waals surface area (Å²) < 4.78 is 7.93. The maximum absolute atomic E-state index is 6.81. The first kappa shape index (κ1) is 36.8. The molecular formula is C59H38N2OS. The molecule has 0 N–H and O–H groups in total. The zero-order valence-electron chi connectivity index (χ0n) is 34.2. The third-order valence-corrected chi connectivity index (χ3v) is 13.1. The van der Waals surface area contributed by atoms with E-state index in [1.807, 2.05) is 6.07 Å². The number of fused-ring (bicyclic) bond motifs is 5. The number of furan rings is 1. The first-order valence-corrected chi connectivity index (χ1v) is 22.1. The van der Waals surface area contributed by atoms with E-state index < -0.39 is 0 Å². The third kappa shape index (κ3) is 6.56. The molecule has 296 valence electrons. The van der Waals surface area contributed by atoms with E-state index in [1.165, 1.54) is 27.5 Å². The average molecular weight is 823 g/mol. The lowest BCUT2D eigenvalue weighted by atomic mass is 9.94. The molecular weight excluding hydrogens is 785 g/mol. The summed E-state index contributed by atoms with van der Waals surface area (Å²) >= 11 is 1.73. The molecule has 0 fully saturated rings. The standard InChI is InChI=1S/C59H38N2OS/c1-4-16-39(17-5-1)40-30-33-46(34-31-40)61(47-25-14-24-44(36-47)49-28-15-23-41-20-10-11-26-48(41)49)53-35-32-45(37-51(53)42-18-6-2-7-19-42)56-57-55(63-59(60-57)43-21-8-3-9-22-43)38-52-50-27-12-13-29-54(50)62-58(52)56/h1-38H. The van der Waals surface area contributed by atoms with Gasteiger partial charge in [0.05, 0.1) is 21.5 Å². The Kier molecular flexibility index (Phi) is 9.02. The van der Waals surface area contributed by atoms with E-state index in [0.29, 0.717) is 0 Å². The van der Waals surface area contributed by atoms with Crippen LogP contribution in [0.25, 0.3) is 98.0 Å². The van der Waals surface area contributed by atoms with Crippen molar-refractivity contribution in [1.82, 2.24) is 4.98 Å². The predicted molar refractivity (Wildman–Crippen MR) is 266 cm³/mol. The summed E-state index contributed by atoms with van der Waals surface area (Å²) in [6.45, 7) is 0. The zero-order valence-corrected chi connectivity index (χ0v) is 35.0. The fourth-order valence-corrected chi connectivity index (χ4v) is 10.1. The predicted octanol–water partition coefficient (Wildman–Crippen LogP) is 17.2. The Balaban J connectivity index is 1.10. The minimum atomic E-state index is 0.844. The lowest BCUT2D eigenvalue weighted by Crippen LogP contribution is -2.11. The lowest BCUT2D eigenvalue weighted by Gasteiger charge is -2.29. The van der Waals surface area contributed by atoms with E-state index in [2.05, 4.69) is 229 Å². The Bertz CT molecular complexity index is 3610. The second kappa shape index (κ2) is 15.4. The number of anilines is 3. The van der Waals surface area contributed by atoms with Crippen molar-refractivity contribution in [3.05, 3.63) is 231 Å². The van der Waals surface area contributed by atoms with Gasteiger partial charge in [0.1, 0.15) is 16.2 Å².